The normalized spacial score (nSPS) is 13.8. The molecule has 4 nitrogen and oxygen atoms in total. The minimum absolute atomic E-state index is 0.188. The summed E-state index contributed by atoms with van der Waals surface area (Å²) >= 11 is 0. The van der Waals surface area contributed by atoms with E-state index in [2.05, 4.69) is 15.3 Å². The van der Waals surface area contributed by atoms with Crippen LogP contribution in [0.1, 0.15) is 27.7 Å². The van der Waals surface area contributed by atoms with Crippen molar-refractivity contribution in [3.05, 3.63) is 30.3 Å². The predicted octanol–water partition coefficient (Wildman–Crippen LogP) is 2.98. The van der Waals surface area contributed by atoms with Gasteiger partial charge in [-0.25, -0.2) is 14.4 Å². The van der Waals surface area contributed by atoms with Crippen molar-refractivity contribution in [1.29, 1.82) is 0 Å². The van der Waals surface area contributed by atoms with Crippen molar-refractivity contribution in [3.63, 3.8) is 0 Å². The monoisotopic (exact) mass is 277 g/mol. The fourth-order valence-corrected chi connectivity index (χ4v) is 2.45. The number of aromatic nitrogens is 2. The number of hydrogen-bond donors (Lipinski definition) is 2. The third-order valence-electron chi connectivity index (χ3n) is 3.32. The summed E-state index contributed by atoms with van der Waals surface area (Å²) in [5, 5.41) is 14.1. The van der Waals surface area contributed by atoms with Crippen molar-refractivity contribution in [2.75, 3.05) is 5.32 Å². The lowest BCUT2D eigenvalue weighted by molar-refractivity contribution is 0.0440. The van der Waals surface area contributed by atoms with E-state index < -0.39 is 5.60 Å². The van der Waals surface area contributed by atoms with E-state index in [1.54, 1.807) is 19.9 Å². The Labute approximate surface area is 118 Å². The molecule has 5 heteroatoms. The number of aliphatic hydroxyl groups is 1. The van der Waals surface area contributed by atoms with Gasteiger partial charge in [0.25, 0.3) is 0 Å². The van der Waals surface area contributed by atoms with E-state index in [4.69, 9.17) is 0 Å². The number of fused-ring (bicyclic) bond motifs is 1. The Balaban J connectivity index is 2.45. The lowest BCUT2D eigenvalue weighted by Gasteiger charge is -2.33. The van der Waals surface area contributed by atoms with Crippen LogP contribution in [-0.4, -0.2) is 26.7 Å². The van der Waals surface area contributed by atoms with Crippen LogP contribution in [0.3, 0.4) is 0 Å². The molecule has 1 heterocycles. The molecule has 0 saturated heterocycles. The highest BCUT2D eigenvalue weighted by Crippen LogP contribution is 2.25. The SMILES string of the molecule is CC(C)[C@H](Nc1ncnc2ccc(F)cc12)C(C)(C)O. The van der Waals surface area contributed by atoms with Crippen LogP contribution in [0, 0.1) is 11.7 Å². The molecule has 0 aliphatic rings. The van der Waals surface area contributed by atoms with Gasteiger partial charge in [0.05, 0.1) is 17.2 Å². The van der Waals surface area contributed by atoms with Crippen molar-refractivity contribution >= 4 is 16.7 Å². The van der Waals surface area contributed by atoms with Crippen LogP contribution in [0.15, 0.2) is 24.5 Å². The molecule has 0 bridgehead atoms. The molecular formula is C15H20FN3O. The zero-order chi connectivity index (χ0) is 14.9. The Morgan fingerprint density at radius 1 is 1.25 bits per heavy atom. The first-order chi connectivity index (χ1) is 9.29. The summed E-state index contributed by atoms with van der Waals surface area (Å²) < 4.78 is 13.4. The lowest BCUT2D eigenvalue weighted by atomic mass is 9.89. The summed E-state index contributed by atoms with van der Waals surface area (Å²) in [7, 11) is 0. The number of halogens is 1. The van der Waals surface area contributed by atoms with E-state index >= 15 is 0 Å². The van der Waals surface area contributed by atoms with Gasteiger partial charge in [0.1, 0.15) is 18.0 Å². The van der Waals surface area contributed by atoms with Crippen LogP contribution in [0.25, 0.3) is 10.9 Å². The molecule has 0 aliphatic carbocycles. The standard InChI is InChI=1S/C15H20FN3O/c1-9(2)13(15(3,4)20)19-14-11-7-10(16)5-6-12(11)17-8-18-14/h5-9,13,20H,1-4H3,(H,17,18,19)/t13-/m0/s1. The highest BCUT2D eigenvalue weighted by atomic mass is 19.1. The van der Waals surface area contributed by atoms with E-state index in [9.17, 15) is 9.50 Å². The van der Waals surface area contributed by atoms with Crippen LogP contribution in [0.5, 0.6) is 0 Å². The molecule has 1 aromatic heterocycles. The molecule has 0 fully saturated rings. The summed E-state index contributed by atoms with van der Waals surface area (Å²) in [5.74, 6) is 0.392. The molecule has 0 unspecified atom stereocenters. The Morgan fingerprint density at radius 3 is 2.55 bits per heavy atom. The second-order valence-electron chi connectivity index (χ2n) is 5.90. The van der Waals surface area contributed by atoms with Gasteiger partial charge in [0.2, 0.25) is 0 Å². The zero-order valence-electron chi connectivity index (χ0n) is 12.2. The van der Waals surface area contributed by atoms with Crippen LogP contribution in [-0.2, 0) is 0 Å². The van der Waals surface area contributed by atoms with Crippen LogP contribution in [0.4, 0.5) is 10.2 Å². The topological polar surface area (TPSA) is 58.0 Å². The second-order valence-corrected chi connectivity index (χ2v) is 5.90. The summed E-state index contributed by atoms with van der Waals surface area (Å²) in [6.45, 7) is 7.52. The van der Waals surface area contributed by atoms with Gasteiger partial charge >= 0.3 is 0 Å². The number of rotatable bonds is 4. The summed E-state index contributed by atoms with van der Waals surface area (Å²) in [6.07, 6.45) is 1.43. The number of benzene rings is 1. The Bertz CT molecular complexity index is 608. The molecule has 2 rings (SSSR count). The number of nitrogens with one attached hydrogen (secondary N) is 1. The minimum atomic E-state index is -0.918. The quantitative estimate of drug-likeness (QED) is 0.902. The molecule has 0 saturated carbocycles. The van der Waals surface area contributed by atoms with Gasteiger partial charge in [-0.05, 0) is 38.0 Å². The smallest absolute Gasteiger partial charge is 0.137 e. The summed E-state index contributed by atoms with van der Waals surface area (Å²) in [4.78, 5) is 8.30. The van der Waals surface area contributed by atoms with Crippen molar-refractivity contribution in [2.24, 2.45) is 5.92 Å². The molecule has 2 N–H and O–H groups in total. The van der Waals surface area contributed by atoms with Crippen molar-refractivity contribution < 1.29 is 9.50 Å². The molecular weight excluding hydrogens is 257 g/mol. The molecule has 0 amide bonds. The average Bonchev–Trinajstić information content (AvgIpc) is 2.34. The van der Waals surface area contributed by atoms with E-state index in [0.29, 0.717) is 16.7 Å². The maximum Gasteiger partial charge on any atom is 0.137 e. The van der Waals surface area contributed by atoms with Gasteiger partial charge in [0.15, 0.2) is 0 Å². The minimum Gasteiger partial charge on any atom is -0.388 e. The van der Waals surface area contributed by atoms with Gasteiger partial charge in [0, 0.05) is 5.39 Å². The maximum atomic E-state index is 13.4. The van der Waals surface area contributed by atoms with Gasteiger partial charge in [-0.2, -0.15) is 0 Å². The molecule has 2 aromatic rings. The number of nitrogens with zero attached hydrogens (tertiary/aromatic N) is 2. The van der Waals surface area contributed by atoms with Gasteiger partial charge in [-0.3, -0.25) is 0 Å². The molecule has 0 aliphatic heterocycles. The first-order valence-corrected chi connectivity index (χ1v) is 6.68. The highest BCUT2D eigenvalue weighted by molar-refractivity contribution is 5.88. The number of hydrogen-bond acceptors (Lipinski definition) is 4. The summed E-state index contributed by atoms with van der Waals surface area (Å²) in [5.41, 5.74) is -0.249. The maximum absolute atomic E-state index is 13.4. The molecule has 0 radical (unpaired) electrons. The molecule has 0 spiro atoms. The van der Waals surface area contributed by atoms with E-state index in [-0.39, 0.29) is 17.8 Å². The van der Waals surface area contributed by atoms with Gasteiger partial charge in [-0.15, -0.1) is 0 Å². The fourth-order valence-electron chi connectivity index (χ4n) is 2.45. The second kappa shape index (κ2) is 5.32. The summed E-state index contributed by atoms with van der Waals surface area (Å²) in [6, 6.07) is 4.18. The third kappa shape index (κ3) is 3.04. The fraction of sp³-hybridized carbons (Fsp3) is 0.467. The molecule has 1 aromatic carbocycles. The Kier molecular flexibility index (Phi) is 3.90. The lowest BCUT2D eigenvalue weighted by Crippen LogP contribution is -2.45. The largest absolute Gasteiger partial charge is 0.388 e. The first kappa shape index (κ1) is 14.7. The zero-order valence-corrected chi connectivity index (χ0v) is 12.2. The van der Waals surface area contributed by atoms with Crippen molar-refractivity contribution in [3.8, 4) is 0 Å². The van der Waals surface area contributed by atoms with Gasteiger partial charge in [-0.1, -0.05) is 13.8 Å². The van der Waals surface area contributed by atoms with Crippen LogP contribution >= 0.6 is 0 Å². The molecule has 1 atom stereocenters. The molecule has 108 valence electrons. The van der Waals surface area contributed by atoms with Crippen molar-refractivity contribution in [2.45, 2.75) is 39.3 Å². The Hall–Kier alpha value is -1.75. The number of anilines is 1. The van der Waals surface area contributed by atoms with Crippen LogP contribution < -0.4 is 5.32 Å². The molecule has 20 heavy (non-hydrogen) atoms. The Morgan fingerprint density at radius 2 is 1.95 bits per heavy atom. The van der Waals surface area contributed by atoms with Crippen molar-refractivity contribution in [1.82, 2.24) is 9.97 Å². The highest BCUT2D eigenvalue weighted by Gasteiger charge is 2.30. The van der Waals surface area contributed by atoms with E-state index in [1.165, 1.54) is 18.5 Å². The van der Waals surface area contributed by atoms with Gasteiger partial charge < -0.3 is 10.4 Å². The first-order valence-electron chi connectivity index (χ1n) is 6.68. The van der Waals surface area contributed by atoms with Crippen LogP contribution in [0.2, 0.25) is 0 Å². The van der Waals surface area contributed by atoms with E-state index in [1.807, 2.05) is 13.8 Å². The third-order valence-corrected chi connectivity index (χ3v) is 3.32. The van der Waals surface area contributed by atoms with E-state index in [0.717, 1.165) is 0 Å². The predicted molar refractivity (Wildman–Crippen MR) is 78.0 cm³/mol. The average molecular weight is 277 g/mol.